The first-order valence-corrected chi connectivity index (χ1v) is 5.60. The van der Waals surface area contributed by atoms with Gasteiger partial charge in [-0.3, -0.25) is 0 Å². The molecule has 84 valence electrons. The first-order valence-electron chi connectivity index (χ1n) is 5.60. The molecule has 1 aliphatic heterocycles. The summed E-state index contributed by atoms with van der Waals surface area (Å²) in [6, 6.07) is 0. The van der Waals surface area contributed by atoms with Crippen LogP contribution in [0.15, 0.2) is 11.1 Å². The minimum atomic E-state index is -0.796. The van der Waals surface area contributed by atoms with Gasteiger partial charge in [0.2, 0.25) is 0 Å². The van der Waals surface area contributed by atoms with Crippen molar-refractivity contribution in [2.45, 2.75) is 51.7 Å². The number of hydrogen-bond acceptors (Lipinski definition) is 3. The molecule has 0 amide bonds. The molecular weight excluding hydrogens is 192 g/mol. The number of carbonyl (C=O) groups is 1. The average Bonchev–Trinajstić information content (AvgIpc) is 2.69. The Morgan fingerprint density at radius 3 is 2.87 bits per heavy atom. The van der Waals surface area contributed by atoms with Crippen molar-refractivity contribution in [2.24, 2.45) is 0 Å². The van der Waals surface area contributed by atoms with Crippen molar-refractivity contribution >= 4 is 5.97 Å². The fourth-order valence-corrected chi connectivity index (χ4v) is 2.37. The van der Waals surface area contributed by atoms with Crippen LogP contribution in [0, 0.1) is 0 Å². The number of esters is 1. The molecule has 15 heavy (non-hydrogen) atoms. The van der Waals surface area contributed by atoms with Gasteiger partial charge in [-0.15, -0.1) is 0 Å². The molecule has 2 aliphatic rings. The molecule has 3 nitrogen and oxygen atoms in total. The maximum absolute atomic E-state index is 11.9. The van der Waals surface area contributed by atoms with E-state index in [2.05, 4.69) is 0 Å². The Hall–Kier alpha value is -0.830. The van der Waals surface area contributed by atoms with E-state index in [0.717, 1.165) is 19.3 Å². The Labute approximate surface area is 90.4 Å². The van der Waals surface area contributed by atoms with E-state index in [1.165, 1.54) is 11.1 Å². The van der Waals surface area contributed by atoms with Crippen LogP contribution in [0.25, 0.3) is 0 Å². The van der Waals surface area contributed by atoms with Crippen molar-refractivity contribution in [2.75, 3.05) is 6.61 Å². The van der Waals surface area contributed by atoms with Crippen LogP contribution in [0.4, 0.5) is 0 Å². The van der Waals surface area contributed by atoms with Crippen LogP contribution >= 0.6 is 0 Å². The molecule has 0 aromatic heterocycles. The molecule has 1 atom stereocenters. The summed E-state index contributed by atoms with van der Waals surface area (Å²) in [4.78, 5) is 11.9. The van der Waals surface area contributed by atoms with Gasteiger partial charge in [-0.1, -0.05) is 0 Å². The van der Waals surface area contributed by atoms with Gasteiger partial charge in [0, 0.05) is 0 Å². The molecule has 1 unspecified atom stereocenters. The lowest BCUT2D eigenvalue weighted by atomic mass is 9.95. The van der Waals surface area contributed by atoms with E-state index in [1.54, 1.807) is 0 Å². The van der Waals surface area contributed by atoms with Crippen LogP contribution in [0.3, 0.4) is 0 Å². The van der Waals surface area contributed by atoms with Crippen LogP contribution in [0.2, 0.25) is 0 Å². The van der Waals surface area contributed by atoms with E-state index in [0.29, 0.717) is 6.61 Å². The second-order valence-corrected chi connectivity index (χ2v) is 4.71. The first-order chi connectivity index (χ1) is 7.04. The largest absolute Gasteiger partial charge is 0.461 e. The Balaban J connectivity index is 2.17. The lowest BCUT2D eigenvalue weighted by Gasteiger charge is -2.25. The molecule has 0 radical (unpaired) electrons. The highest BCUT2D eigenvalue weighted by molar-refractivity contribution is 5.84. The van der Waals surface area contributed by atoms with Crippen LogP contribution in [0.5, 0.6) is 0 Å². The highest BCUT2D eigenvalue weighted by Gasteiger charge is 2.47. The van der Waals surface area contributed by atoms with Crippen molar-refractivity contribution in [3.05, 3.63) is 11.1 Å². The summed E-state index contributed by atoms with van der Waals surface area (Å²) in [5, 5.41) is 0. The van der Waals surface area contributed by atoms with Gasteiger partial charge in [0.05, 0.1) is 12.7 Å². The first kappa shape index (κ1) is 10.7. The van der Waals surface area contributed by atoms with Gasteiger partial charge in [-0.2, -0.15) is 0 Å². The van der Waals surface area contributed by atoms with Crippen LogP contribution in [-0.4, -0.2) is 24.3 Å². The third kappa shape index (κ3) is 1.69. The van der Waals surface area contributed by atoms with Crippen molar-refractivity contribution in [3.63, 3.8) is 0 Å². The predicted octanol–water partition coefficient (Wildman–Crippen LogP) is 2.21. The summed E-state index contributed by atoms with van der Waals surface area (Å²) in [6.45, 7) is 6.17. The highest BCUT2D eigenvalue weighted by atomic mass is 16.6. The third-order valence-corrected chi connectivity index (χ3v) is 3.18. The highest BCUT2D eigenvalue weighted by Crippen LogP contribution is 2.42. The lowest BCUT2D eigenvalue weighted by molar-refractivity contribution is -0.166. The fourth-order valence-electron chi connectivity index (χ4n) is 2.37. The smallest absolute Gasteiger partial charge is 0.342 e. The van der Waals surface area contributed by atoms with Gasteiger partial charge >= 0.3 is 5.97 Å². The van der Waals surface area contributed by atoms with Crippen molar-refractivity contribution in [3.8, 4) is 0 Å². The number of hydrogen-bond donors (Lipinski definition) is 0. The molecule has 2 rings (SSSR count). The molecule has 0 aromatic rings. The minimum absolute atomic E-state index is 0.0796. The maximum atomic E-state index is 11.9. The summed E-state index contributed by atoms with van der Waals surface area (Å²) < 4.78 is 10.9. The molecule has 0 saturated carbocycles. The standard InChI is InChI=1S/C12H18O3/c1-8(2)15-11(13)12(3)10-6-4-5-9(10)7-14-12/h8H,4-7H2,1-3H3. The van der Waals surface area contributed by atoms with Crippen LogP contribution < -0.4 is 0 Å². The van der Waals surface area contributed by atoms with Crippen molar-refractivity contribution in [1.29, 1.82) is 0 Å². The van der Waals surface area contributed by atoms with E-state index in [4.69, 9.17) is 9.47 Å². The van der Waals surface area contributed by atoms with Gasteiger partial charge in [0.15, 0.2) is 5.60 Å². The monoisotopic (exact) mass is 210 g/mol. The number of ether oxygens (including phenoxy) is 2. The molecule has 0 bridgehead atoms. The number of carbonyl (C=O) groups excluding carboxylic acids is 1. The quantitative estimate of drug-likeness (QED) is 0.518. The van der Waals surface area contributed by atoms with E-state index < -0.39 is 5.60 Å². The van der Waals surface area contributed by atoms with Crippen LogP contribution in [-0.2, 0) is 14.3 Å². The summed E-state index contributed by atoms with van der Waals surface area (Å²) in [6.07, 6.45) is 3.14. The Morgan fingerprint density at radius 1 is 1.47 bits per heavy atom. The Bertz CT molecular complexity index is 317. The topological polar surface area (TPSA) is 35.5 Å². The average molecular weight is 210 g/mol. The molecular formula is C12H18O3. The third-order valence-electron chi connectivity index (χ3n) is 3.18. The normalized spacial score (nSPS) is 29.9. The van der Waals surface area contributed by atoms with E-state index in [9.17, 15) is 4.79 Å². The maximum Gasteiger partial charge on any atom is 0.342 e. The zero-order valence-corrected chi connectivity index (χ0v) is 9.63. The predicted molar refractivity (Wildman–Crippen MR) is 56.5 cm³/mol. The second-order valence-electron chi connectivity index (χ2n) is 4.71. The zero-order chi connectivity index (χ0) is 11.1. The van der Waals surface area contributed by atoms with Gasteiger partial charge < -0.3 is 9.47 Å². The van der Waals surface area contributed by atoms with E-state index in [-0.39, 0.29) is 12.1 Å². The van der Waals surface area contributed by atoms with Gasteiger partial charge in [0.25, 0.3) is 0 Å². The fraction of sp³-hybridized carbons (Fsp3) is 0.750. The Kier molecular flexibility index (Phi) is 2.59. The van der Waals surface area contributed by atoms with E-state index in [1.807, 2.05) is 20.8 Å². The second kappa shape index (κ2) is 3.63. The molecule has 0 saturated heterocycles. The molecule has 0 aromatic carbocycles. The summed E-state index contributed by atoms with van der Waals surface area (Å²) >= 11 is 0. The molecule has 0 fully saturated rings. The molecule has 3 heteroatoms. The van der Waals surface area contributed by atoms with E-state index >= 15 is 0 Å². The molecule has 0 spiro atoms. The van der Waals surface area contributed by atoms with Crippen molar-refractivity contribution in [1.82, 2.24) is 0 Å². The zero-order valence-electron chi connectivity index (χ0n) is 9.63. The minimum Gasteiger partial charge on any atom is -0.461 e. The SMILES string of the molecule is CC(C)OC(=O)C1(C)OCC2=C1CCC2. The summed E-state index contributed by atoms with van der Waals surface area (Å²) in [5.41, 5.74) is 1.70. The van der Waals surface area contributed by atoms with Gasteiger partial charge in [-0.05, 0) is 51.2 Å². The summed E-state index contributed by atoms with van der Waals surface area (Å²) in [7, 11) is 0. The molecule has 1 aliphatic carbocycles. The molecule has 0 N–H and O–H groups in total. The van der Waals surface area contributed by atoms with Crippen LogP contribution in [0.1, 0.15) is 40.0 Å². The number of rotatable bonds is 2. The van der Waals surface area contributed by atoms with Gasteiger partial charge in [-0.25, -0.2) is 4.79 Å². The molecule has 1 heterocycles. The van der Waals surface area contributed by atoms with Gasteiger partial charge in [0.1, 0.15) is 0 Å². The lowest BCUT2D eigenvalue weighted by Crippen LogP contribution is -2.40. The summed E-state index contributed by atoms with van der Waals surface area (Å²) in [5.74, 6) is -0.232. The van der Waals surface area contributed by atoms with Crippen molar-refractivity contribution < 1.29 is 14.3 Å². The Morgan fingerprint density at radius 2 is 2.20 bits per heavy atom.